The summed E-state index contributed by atoms with van der Waals surface area (Å²) in [6.07, 6.45) is 6.31. The van der Waals surface area contributed by atoms with E-state index in [0.29, 0.717) is 11.5 Å². The summed E-state index contributed by atoms with van der Waals surface area (Å²) >= 11 is 10.4. The Kier molecular flexibility index (Phi) is 6.67. The Bertz CT molecular complexity index is 1010. The van der Waals surface area contributed by atoms with Crippen LogP contribution in [0.2, 0.25) is 5.15 Å². The topological polar surface area (TPSA) is 52.0 Å². The number of ether oxygens (including phenoxy) is 1. The van der Waals surface area contributed by atoms with Crippen LogP contribution >= 0.6 is 51.8 Å². The largest absolute Gasteiger partial charge is 0.374 e. The zero-order valence-electron chi connectivity index (χ0n) is 15.6. The van der Waals surface area contributed by atoms with Crippen LogP contribution in [-0.4, -0.2) is 27.2 Å². The number of aryl methyl sites for hydroxylation is 1. The predicted molar refractivity (Wildman–Crippen MR) is 129 cm³/mol. The molecular formula is C19H21ClIN4OPS. The van der Waals surface area contributed by atoms with Gasteiger partial charge in [0, 0.05) is 17.6 Å². The minimum atomic E-state index is 0.207. The van der Waals surface area contributed by atoms with Crippen LogP contribution in [0, 0.1) is 6.92 Å². The second-order valence-corrected chi connectivity index (χ2v) is 9.98. The highest BCUT2D eigenvalue weighted by molar-refractivity contribution is 14.2. The molecule has 1 aromatic carbocycles. The molecule has 9 heteroatoms. The van der Waals surface area contributed by atoms with Crippen LogP contribution in [0.5, 0.6) is 0 Å². The van der Waals surface area contributed by atoms with Crippen molar-refractivity contribution in [2.45, 2.75) is 37.2 Å². The summed E-state index contributed by atoms with van der Waals surface area (Å²) in [4.78, 5) is 10.4. The lowest BCUT2D eigenvalue weighted by Crippen LogP contribution is -2.11. The van der Waals surface area contributed by atoms with Crippen molar-refractivity contribution < 1.29 is 4.74 Å². The van der Waals surface area contributed by atoms with E-state index in [-0.39, 0.29) is 6.10 Å². The van der Waals surface area contributed by atoms with E-state index in [2.05, 4.69) is 61.1 Å². The highest BCUT2D eigenvalue weighted by atomic mass is 127. The van der Waals surface area contributed by atoms with Crippen molar-refractivity contribution in [1.82, 2.24) is 14.3 Å². The van der Waals surface area contributed by atoms with Gasteiger partial charge in [-0.2, -0.15) is 0 Å². The maximum Gasteiger partial charge on any atom is 0.167 e. The second kappa shape index (κ2) is 9.04. The molecule has 0 amide bonds. The van der Waals surface area contributed by atoms with Crippen molar-refractivity contribution in [1.29, 1.82) is 0 Å². The molecule has 1 saturated heterocycles. The minimum absolute atomic E-state index is 0.207. The second-order valence-electron chi connectivity index (χ2n) is 6.68. The number of thioether (sulfide) groups is 1. The average molecular weight is 547 g/mol. The summed E-state index contributed by atoms with van der Waals surface area (Å²) in [7, 11) is 0. The first-order valence-electron chi connectivity index (χ1n) is 9.09. The summed E-state index contributed by atoms with van der Waals surface area (Å²) in [6.45, 7) is 2.85. The Labute approximate surface area is 188 Å². The van der Waals surface area contributed by atoms with Crippen molar-refractivity contribution in [3.63, 3.8) is 0 Å². The molecule has 28 heavy (non-hydrogen) atoms. The monoisotopic (exact) mass is 546 g/mol. The summed E-state index contributed by atoms with van der Waals surface area (Å²) in [5.74, 6) is 0.940. The SMILES string of the molecule is CSc1cc(C2CCCCO2)ccc1Nc1cc(Cl)nc2c1nc(C)n2PI. The number of imidazole rings is 1. The van der Waals surface area contributed by atoms with Crippen molar-refractivity contribution in [3.8, 4) is 0 Å². The van der Waals surface area contributed by atoms with Gasteiger partial charge in [-0.15, -0.1) is 11.8 Å². The van der Waals surface area contributed by atoms with Crippen LogP contribution in [0.4, 0.5) is 11.4 Å². The molecule has 0 aliphatic carbocycles. The highest BCUT2D eigenvalue weighted by Crippen LogP contribution is 2.38. The van der Waals surface area contributed by atoms with Gasteiger partial charge in [0.15, 0.2) is 5.65 Å². The summed E-state index contributed by atoms with van der Waals surface area (Å²) in [5.41, 5.74) is 4.83. The molecule has 4 rings (SSSR count). The van der Waals surface area contributed by atoms with Gasteiger partial charge in [-0.1, -0.05) is 17.7 Å². The molecule has 1 N–H and O–H groups in total. The van der Waals surface area contributed by atoms with Crippen LogP contribution in [0.25, 0.3) is 11.2 Å². The smallest absolute Gasteiger partial charge is 0.167 e. The van der Waals surface area contributed by atoms with Crippen LogP contribution < -0.4 is 5.32 Å². The lowest BCUT2D eigenvalue weighted by atomic mass is 10.0. The van der Waals surface area contributed by atoms with Gasteiger partial charge >= 0.3 is 0 Å². The quantitative estimate of drug-likeness (QED) is 0.163. The van der Waals surface area contributed by atoms with Gasteiger partial charge in [0.1, 0.15) is 16.5 Å². The van der Waals surface area contributed by atoms with E-state index in [0.717, 1.165) is 47.8 Å². The molecule has 0 bridgehead atoms. The maximum absolute atomic E-state index is 6.32. The van der Waals surface area contributed by atoms with E-state index in [9.17, 15) is 0 Å². The fourth-order valence-electron chi connectivity index (χ4n) is 3.48. The van der Waals surface area contributed by atoms with Gasteiger partial charge in [-0.05, 0) is 72.2 Å². The Hall–Kier alpha value is -0.600. The molecule has 0 saturated carbocycles. The van der Waals surface area contributed by atoms with E-state index in [1.807, 2.05) is 13.0 Å². The maximum atomic E-state index is 6.32. The van der Waals surface area contributed by atoms with E-state index in [4.69, 9.17) is 21.3 Å². The lowest BCUT2D eigenvalue weighted by molar-refractivity contribution is 0.0148. The van der Waals surface area contributed by atoms with Crippen molar-refractivity contribution in [3.05, 3.63) is 40.8 Å². The number of fused-ring (bicyclic) bond motifs is 1. The molecule has 5 nitrogen and oxygen atoms in total. The Balaban J connectivity index is 1.71. The minimum Gasteiger partial charge on any atom is -0.374 e. The molecule has 1 aliphatic rings. The number of anilines is 2. The number of hydrogen-bond donors (Lipinski definition) is 1. The van der Waals surface area contributed by atoms with Crippen molar-refractivity contribution in [2.75, 3.05) is 18.2 Å². The Morgan fingerprint density at radius 3 is 2.86 bits per heavy atom. The molecule has 0 spiro atoms. The number of pyridine rings is 1. The Morgan fingerprint density at radius 1 is 1.29 bits per heavy atom. The molecule has 2 unspecified atom stereocenters. The van der Waals surface area contributed by atoms with Gasteiger partial charge < -0.3 is 10.1 Å². The normalized spacial score (nSPS) is 17.6. The molecule has 148 valence electrons. The molecular weight excluding hydrogens is 526 g/mol. The first kappa shape index (κ1) is 20.7. The van der Waals surface area contributed by atoms with E-state index in [1.54, 1.807) is 11.8 Å². The van der Waals surface area contributed by atoms with Crippen LogP contribution in [0.15, 0.2) is 29.2 Å². The predicted octanol–water partition coefficient (Wildman–Crippen LogP) is 6.89. The number of hydrogen-bond acceptors (Lipinski definition) is 5. The molecule has 2 atom stereocenters. The van der Waals surface area contributed by atoms with Crippen molar-refractivity contribution in [2.24, 2.45) is 0 Å². The highest BCUT2D eigenvalue weighted by Gasteiger charge is 2.19. The van der Waals surface area contributed by atoms with Gasteiger partial charge in [0.05, 0.1) is 23.9 Å². The molecule has 0 radical (unpaired) electrons. The van der Waals surface area contributed by atoms with Crippen LogP contribution in [-0.2, 0) is 4.74 Å². The molecule has 1 aliphatic heterocycles. The van der Waals surface area contributed by atoms with Crippen LogP contribution in [0.1, 0.15) is 36.8 Å². The first-order chi connectivity index (χ1) is 13.6. The Morgan fingerprint density at radius 2 is 2.14 bits per heavy atom. The van der Waals surface area contributed by atoms with Gasteiger partial charge in [-0.25, -0.2) is 9.97 Å². The number of halogens is 2. The number of rotatable bonds is 5. The zero-order valence-corrected chi connectivity index (χ0v) is 20.4. The summed E-state index contributed by atoms with van der Waals surface area (Å²) < 4.78 is 8.04. The first-order valence-corrected chi connectivity index (χ1v) is 14.8. The fraction of sp³-hybridized carbons (Fsp3) is 0.368. The van der Waals surface area contributed by atoms with Gasteiger partial charge in [0.2, 0.25) is 0 Å². The number of nitrogens with zero attached hydrogens (tertiary/aromatic N) is 3. The summed E-state index contributed by atoms with van der Waals surface area (Å²) in [5, 5.41) is 4.00. The molecule has 2 aromatic heterocycles. The van der Waals surface area contributed by atoms with E-state index in [1.165, 1.54) is 16.9 Å². The van der Waals surface area contributed by atoms with Gasteiger partial charge in [-0.3, -0.25) is 4.34 Å². The molecule has 3 heterocycles. The van der Waals surface area contributed by atoms with E-state index >= 15 is 0 Å². The third kappa shape index (κ3) is 4.15. The number of benzene rings is 1. The molecule has 3 aromatic rings. The van der Waals surface area contributed by atoms with Crippen LogP contribution in [0.3, 0.4) is 0 Å². The fourth-order valence-corrected chi connectivity index (χ4v) is 6.41. The van der Waals surface area contributed by atoms with Crippen molar-refractivity contribution >= 4 is 74.3 Å². The third-order valence-electron chi connectivity index (χ3n) is 4.88. The molecule has 1 fully saturated rings. The summed E-state index contributed by atoms with van der Waals surface area (Å²) in [6, 6.07) is 8.37. The average Bonchev–Trinajstić information content (AvgIpc) is 3.04. The van der Waals surface area contributed by atoms with E-state index < -0.39 is 0 Å². The zero-order chi connectivity index (χ0) is 19.7. The number of aromatic nitrogens is 3. The lowest BCUT2D eigenvalue weighted by Gasteiger charge is -2.24. The standard InChI is InChI=1S/C19H21ClIN4OPS/c1-11-22-18-14(10-17(20)24-19(18)25(11)27-21)23-13-7-6-12(9-16(13)28-2)15-5-3-4-8-26-15/h6-7,9-10,15,27H,3-5,8H2,1-2H3,(H,23,24). The van der Waals surface area contributed by atoms with Gasteiger partial charge in [0.25, 0.3) is 0 Å². The number of nitrogens with one attached hydrogen (secondary N) is 1. The third-order valence-corrected chi connectivity index (χ3v) is 8.01.